The molecule has 0 radical (unpaired) electrons. The van der Waals surface area contributed by atoms with Crippen molar-refractivity contribution in [3.05, 3.63) is 169 Å². The number of furan rings is 1. The second-order valence-corrected chi connectivity index (χ2v) is 14.8. The summed E-state index contributed by atoms with van der Waals surface area (Å²) >= 11 is 0. The Bertz CT molecular complexity index is 2880. The topological polar surface area (TPSA) is 13.1 Å². The molecule has 0 amide bonds. The Balaban J connectivity index is 1.20. The summed E-state index contributed by atoms with van der Waals surface area (Å²) in [5, 5.41) is 12.5. The van der Waals surface area contributed by atoms with Gasteiger partial charge >= 0.3 is 0 Å². The fourth-order valence-corrected chi connectivity index (χ4v) is 8.69. The third kappa shape index (κ3) is 4.55. The van der Waals surface area contributed by atoms with E-state index in [1.54, 1.807) is 0 Å². The van der Waals surface area contributed by atoms with Crippen LogP contribution in [0, 0.1) is 0 Å². The lowest BCUT2D eigenvalue weighted by atomic mass is 9.78. The minimum atomic E-state index is -0.00131. The van der Waals surface area contributed by atoms with Gasteiger partial charge in [0.15, 0.2) is 0 Å². The summed E-state index contributed by atoms with van der Waals surface area (Å²) in [6.45, 7) is 6.96. The molecule has 0 unspecified atom stereocenters. The maximum absolute atomic E-state index is 6.66. The lowest BCUT2D eigenvalue weighted by Gasteiger charge is -2.26. The van der Waals surface area contributed by atoms with Gasteiger partial charge < -0.3 is 4.42 Å². The van der Waals surface area contributed by atoms with Gasteiger partial charge in [-0.3, -0.25) is 0 Å². The number of hydrogen-bond acceptors (Lipinski definition) is 1. The highest BCUT2D eigenvalue weighted by Gasteiger charge is 2.24. The summed E-state index contributed by atoms with van der Waals surface area (Å²) in [4.78, 5) is 0. The molecule has 1 heteroatoms. The fraction of sp³-hybridized carbons (Fsp3) is 0.0800. The van der Waals surface area contributed by atoms with E-state index in [0.29, 0.717) is 0 Å². The van der Waals surface area contributed by atoms with Gasteiger partial charge in [0.2, 0.25) is 0 Å². The molecule has 0 aliphatic rings. The zero-order valence-electron chi connectivity index (χ0n) is 29.0. The molecule has 0 N–H and O–H groups in total. The van der Waals surface area contributed by atoms with Crippen LogP contribution in [-0.4, -0.2) is 0 Å². The van der Waals surface area contributed by atoms with E-state index in [1.165, 1.54) is 76.5 Å². The van der Waals surface area contributed by atoms with E-state index in [0.717, 1.165) is 27.5 Å². The average molecular weight is 653 g/mol. The normalized spacial score (nSPS) is 12.2. The van der Waals surface area contributed by atoms with Crippen LogP contribution in [0.3, 0.4) is 0 Å². The maximum Gasteiger partial charge on any atom is 0.136 e. The average Bonchev–Trinajstić information content (AvgIpc) is 3.52. The van der Waals surface area contributed by atoms with Crippen molar-refractivity contribution in [2.45, 2.75) is 26.2 Å². The summed E-state index contributed by atoms with van der Waals surface area (Å²) in [7, 11) is 0. The lowest BCUT2D eigenvalue weighted by Crippen LogP contribution is -2.13. The van der Waals surface area contributed by atoms with Gasteiger partial charge in [0.05, 0.1) is 0 Å². The van der Waals surface area contributed by atoms with Crippen LogP contribution < -0.4 is 0 Å². The molecule has 9 aromatic carbocycles. The predicted molar refractivity (Wildman–Crippen MR) is 219 cm³/mol. The molecule has 1 nitrogen and oxygen atoms in total. The number of rotatable bonds is 3. The molecule has 0 aliphatic heterocycles. The van der Waals surface area contributed by atoms with Gasteiger partial charge in [-0.2, -0.15) is 0 Å². The van der Waals surface area contributed by atoms with Crippen LogP contribution >= 0.6 is 0 Å². The molecular weight excluding hydrogens is 617 g/mol. The van der Waals surface area contributed by atoms with E-state index >= 15 is 0 Å². The highest BCUT2D eigenvalue weighted by molar-refractivity contribution is 6.22. The molecule has 0 saturated heterocycles. The third-order valence-electron chi connectivity index (χ3n) is 10.7. The van der Waals surface area contributed by atoms with Gasteiger partial charge in [-0.1, -0.05) is 160 Å². The largest absolute Gasteiger partial charge is 0.456 e. The van der Waals surface area contributed by atoms with Crippen molar-refractivity contribution in [3.8, 4) is 33.4 Å². The summed E-state index contributed by atoms with van der Waals surface area (Å²) in [5.74, 6) is 0. The Morgan fingerprint density at radius 1 is 0.314 bits per heavy atom. The Hall–Kier alpha value is -6.18. The zero-order chi connectivity index (χ0) is 34.3. The Labute approximate surface area is 297 Å². The van der Waals surface area contributed by atoms with E-state index in [2.05, 4.69) is 185 Å². The van der Waals surface area contributed by atoms with Gasteiger partial charge in [-0.25, -0.2) is 0 Å². The van der Waals surface area contributed by atoms with Gasteiger partial charge in [0, 0.05) is 10.8 Å². The van der Waals surface area contributed by atoms with Crippen LogP contribution in [0.2, 0.25) is 0 Å². The van der Waals surface area contributed by atoms with Crippen LogP contribution in [0.4, 0.5) is 0 Å². The van der Waals surface area contributed by atoms with E-state index < -0.39 is 0 Å². The molecule has 0 saturated carbocycles. The number of hydrogen-bond donors (Lipinski definition) is 0. The van der Waals surface area contributed by atoms with Crippen molar-refractivity contribution in [1.82, 2.24) is 0 Å². The van der Waals surface area contributed by atoms with Crippen molar-refractivity contribution in [2.75, 3.05) is 0 Å². The first-order valence-electron chi connectivity index (χ1n) is 17.9. The molecule has 51 heavy (non-hydrogen) atoms. The van der Waals surface area contributed by atoms with Crippen molar-refractivity contribution >= 4 is 65.0 Å². The van der Waals surface area contributed by atoms with E-state index in [-0.39, 0.29) is 5.41 Å². The quantitative estimate of drug-likeness (QED) is 0.173. The van der Waals surface area contributed by atoms with Crippen molar-refractivity contribution in [2.24, 2.45) is 0 Å². The van der Waals surface area contributed by atoms with E-state index in [9.17, 15) is 0 Å². The molecule has 1 heterocycles. The van der Waals surface area contributed by atoms with Gasteiger partial charge in [0.1, 0.15) is 11.2 Å². The molecular formula is C50H36O. The van der Waals surface area contributed by atoms with E-state index in [1.807, 2.05) is 0 Å². The van der Waals surface area contributed by atoms with E-state index in [4.69, 9.17) is 4.42 Å². The number of benzene rings is 9. The molecule has 0 fully saturated rings. The van der Waals surface area contributed by atoms with Gasteiger partial charge in [-0.05, 0) is 112 Å². The highest BCUT2D eigenvalue weighted by Crippen LogP contribution is 2.47. The molecule has 1 aromatic heterocycles. The SMILES string of the molecule is CC(C)(C)c1c2ccccc2c(-c2ccc3oc4cc(-c5c6ccccc6c(-c6ccccc6)c6ccccc56)ccc4c3c2)c2ccccc12. The molecule has 0 atom stereocenters. The second-order valence-electron chi connectivity index (χ2n) is 14.8. The molecule has 0 aliphatic carbocycles. The summed E-state index contributed by atoms with van der Waals surface area (Å²) in [6, 6.07) is 59.7. The minimum Gasteiger partial charge on any atom is -0.456 e. The Morgan fingerprint density at radius 2 is 0.725 bits per heavy atom. The smallest absolute Gasteiger partial charge is 0.136 e. The monoisotopic (exact) mass is 652 g/mol. The lowest BCUT2D eigenvalue weighted by molar-refractivity contribution is 0.601. The van der Waals surface area contributed by atoms with Crippen LogP contribution in [-0.2, 0) is 5.41 Å². The van der Waals surface area contributed by atoms with Crippen molar-refractivity contribution in [3.63, 3.8) is 0 Å². The first-order valence-corrected chi connectivity index (χ1v) is 17.9. The standard InChI is InChI=1S/C50H36O/c1-50(2,3)49-41-23-13-11-21-39(41)47(40-22-12-14-24-42(40)49)32-26-28-44-43(29-32)34-27-25-33(30-45(34)51-44)48-37-19-9-7-17-35(37)46(31-15-5-4-6-16-31)36-18-8-10-20-38(36)48/h4-30H,1-3H3. The molecule has 10 rings (SSSR count). The first kappa shape index (κ1) is 29.7. The van der Waals surface area contributed by atoms with Crippen molar-refractivity contribution < 1.29 is 4.42 Å². The summed E-state index contributed by atoms with van der Waals surface area (Å²) in [6.07, 6.45) is 0. The Morgan fingerprint density at radius 3 is 1.24 bits per heavy atom. The van der Waals surface area contributed by atoms with Crippen LogP contribution in [0.15, 0.2) is 168 Å². The Kier molecular flexibility index (Phi) is 6.51. The van der Waals surface area contributed by atoms with Gasteiger partial charge in [-0.15, -0.1) is 0 Å². The van der Waals surface area contributed by atoms with Gasteiger partial charge in [0.25, 0.3) is 0 Å². The molecule has 0 bridgehead atoms. The summed E-state index contributed by atoms with van der Waals surface area (Å²) < 4.78 is 6.66. The first-order chi connectivity index (χ1) is 25.0. The molecule has 10 aromatic rings. The second kappa shape index (κ2) is 11.2. The highest BCUT2D eigenvalue weighted by atomic mass is 16.3. The summed E-state index contributed by atoms with van der Waals surface area (Å²) in [5.41, 5.74) is 10.6. The maximum atomic E-state index is 6.66. The molecule has 242 valence electrons. The number of fused-ring (bicyclic) bond motifs is 7. The molecule has 0 spiro atoms. The van der Waals surface area contributed by atoms with Crippen LogP contribution in [0.5, 0.6) is 0 Å². The third-order valence-corrected chi connectivity index (χ3v) is 10.7. The van der Waals surface area contributed by atoms with Crippen LogP contribution in [0.1, 0.15) is 26.3 Å². The predicted octanol–water partition coefficient (Wildman–Crippen LogP) is 14.5. The van der Waals surface area contributed by atoms with Crippen molar-refractivity contribution in [1.29, 1.82) is 0 Å². The fourth-order valence-electron chi connectivity index (χ4n) is 8.69. The van der Waals surface area contributed by atoms with Crippen LogP contribution in [0.25, 0.3) is 98.4 Å². The minimum absolute atomic E-state index is 0.00131. The zero-order valence-corrected chi connectivity index (χ0v) is 29.0.